The van der Waals surface area contributed by atoms with Gasteiger partial charge in [0, 0.05) is 46.5 Å². The smallest absolute Gasteiger partial charge is 0.193 e. The summed E-state index contributed by atoms with van der Waals surface area (Å²) in [6.45, 7) is 8.27. The fourth-order valence-corrected chi connectivity index (χ4v) is 3.25. The van der Waals surface area contributed by atoms with Crippen molar-refractivity contribution in [3.8, 4) is 0 Å². The molecule has 0 atom stereocenters. The molecule has 1 heterocycles. The summed E-state index contributed by atoms with van der Waals surface area (Å²) >= 11 is 0. The van der Waals surface area contributed by atoms with Gasteiger partial charge >= 0.3 is 0 Å². The van der Waals surface area contributed by atoms with Gasteiger partial charge in [-0.05, 0) is 50.5 Å². The van der Waals surface area contributed by atoms with Crippen molar-refractivity contribution in [2.75, 3.05) is 46.5 Å². The summed E-state index contributed by atoms with van der Waals surface area (Å²) in [5.74, 6) is 1.82. The van der Waals surface area contributed by atoms with Gasteiger partial charge in [0.2, 0.25) is 0 Å². The third-order valence-electron chi connectivity index (χ3n) is 4.98. The lowest BCUT2D eigenvalue weighted by Gasteiger charge is -2.26. The van der Waals surface area contributed by atoms with Crippen molar-refractivity contribution in [2.24, 2.45) is 10.9 Å². The van der Waals surface area contributed by atoms with Crippen LogP contribution >= 0.6 is 0 Å². The first-order chi connectivity index (χ1) is 13.3. The van der Waals surface area contributed by atoms with E-state index in [4.69, 9.17) is 14.5 Å². The normalized spacial score (nSPS) is 15.7. The van der Waals surface area contributed by atoms with Gasteiger partial charge < -0.3 is 19.7 Å². The van der Waals surface area contributed by atoms with Crippen molar-refractivity contribution in [3.05, 3.63) is 35.9 Å². The van der Waals surface area contributed by atoms with Crippen molar-refractivity contribution in [2.45, 2.75) is 45.6 Å². The number of ether oxygens (including phenoxy) is 2. The number of nitrogens with zero attached hydrogens (tertiary/aromatic N) is 2. The van der Waals surface area contributed by atoms with Crippen LogP contribution in [0.4, 0.5) is 0 Å². The molecular weight excluding hydrogens is 338 g/mol. The van der Waals surface area contributed by atoms with E-state index in [2.05, 4.69) is 36.3 Å². The van der Waals surface area contributed by atoms with E-state index in [1.165, 1.54) is 24.8 Å². The molecule has 1 N–H and O–H groups in total. The number of unbranched alkanes of at least 4 members (excludes halogenated alkanes) is 1. The topological polar surface area (TPSA) is 46.1 Å². The fourth-order valence-electron chi connectivity index (χ4n) is 3.25. The Hall–Kier alpha value is -1.59. The number of guanidine groups is 1. The Morgan fingerprint density at radius 2 is 2.00 bits per heavy atom. The maximum atomic E-state index is 5.74. The Balaban J connectivity index is 1.60. The highest BCUT2D eigenvalue weighted by molar-refractivity contribution is 5.79. The zero-order valence-electron chi connectivity index (χ0n) is 17.2. The summed E-state index contributed by atoms with van der Waals surface area (Å²) in [7, 11) is 2.14. The minimum atomic E-state index is 0.696. The van der Waals surface area contributed by atoms with Crippen LogP contribution in [-0.4, -0.2) is 57.4 Å². The van der Waals surface area contributed by atoms with E-state index in [1.54, 1.807) is 0 Å². The van der Waals surface area contributed by atoms with Crippen LogP contribution in [0.3, 0.4) is 0 Å². The van der Waals surface area contributed by atoms with Crippen LogP contribution in [0.25, 0.3) is 0 Å². The molecule has 1 aromatic carbocycles. The second kappa shape index (κ2) is 13.6. The van der Waals surface area contributed by atoms with E-state index in [0.29, 0.717) is 6.61 Å². The van der Waals surface area contributed by atoms with Gasteiger partial charge in [0.25, 0.3) is 0 Å². The summed E-state index contributed by atoms with van der Waals surface area (Å²) in [4.78, 5) is 7.05. The third kappa shape index (κ3) is 9.25. The second-order valence-corrected chi connectivity index (χ2v) is 7.25. The predicted octanol–water partition coefficient (Wildman–Crippen LogP) is 3.70. The highest BCUT2D eigenvalue weighted by Crippen LogP contribution is 2.18. The predicted molar refractivity (Wildman–Crippen MR) is 112 cm³/mol. The Bertz CT molecular complexity index is 516. The molecule has 0 aliphatic carbocycles. The lowest BCUT2D eigenvalue weighted by molar-refractivity contribution is 0.0625. The Morgan fingerprint density at radius 1 is 1.22 bits per heavy atom. The maximum Gasteiger partial charge on any atom is 0.193 e. The molecule has 0 spiro atoms. The molecule has 1 saturated heterocycles. The van der Waals surface area contributed by atoms with Crippen LogP contribution < -0.4 is 5.32 Å². The van der Waals surface area contributed by atoms with Crippen LogP contribution in [0.2, 0.25) is 0 Å². The van der Waals surface area contributed by atoms with Crippen LogP contribution in [-0.2, 0) is 16.1 Å². The van der Waals surface area contributed by atoms with E-state index in [0.717, 1.165) is 64.2 Å². The SMILES string of the molecule is CCNC(=NCCCCOCc1ccccc1)N(C)CCC1CCOCC1. The van der Waals surface area contributed by atoms with Crippen molar-refractivity contribution >= 4 is 5.96 Å². The molecule has 1 aromatic rings. The molecule has 0 bridgehead atoms. The van der Waals surface area contributed by atoms with E-state index in [9.17, 15) is 0 Å². The molecule has 1 fully saturated rings. The van der Waals surface area contributed by atoms with Gasteiger partial charge in [0.1, 0.15) is 0 Å². The van der Waals surface area contributed by atoms with Crippen LogP contribution in [0.15, 0.2) is 35.3 Å². The van der Waals surface area contributed by atoms with Gasteiger partial charge in [-0.15, -0.1) is 0 Å². The lowest BCUT2D eigenvalue weighted by Crippen LogP contribution is -2.40. The van der Waals surface area contributed by atoms with Gasteiger partial charge in [-0.2, -0.15) is 0 Å². The first-order valence-corrected chi connectivity index (χ1v) is 10.5. The summed E-state index contributed by atoms with van der Waals surface area (Å²) in [6, 6.07) is 10.3. The molecule has 1 aliphatic rings. The second-order valence-electron chi connectivity index (χ2n) is 7.25. The number of hydrogen-bond acceptors (Lipinski definition) is 3. The molecule has 152 valence electrons. The summed E-state index contributed by atoms with van der Waals surface area (Å²) < 4.78 is 11.2. The Morgan fingerprint density at radius 3 is 2.74 bits per heavy atom. The Kier molecular flexibility index (Phi) is 10.9. The fraction of sp³-hybridized carbons (Fsp3) is 0.682. The van der Waals surface area contributed by atoms with Crippen molar-refractivity contribution in [1.82, 2.24) is 10.2 Å². The zero-order valence-corrected chi connectivity index (χ0v) is 17.2. The van der Waals surface area contributed by atoms with E-state index >= 15 is 0 Å². The monoisotopic (exact) mass is 375 g/mol. The van der Waals surface area contributed by atoms with Crippen molar-refractivity contribution in [1.29, 1.82) is 0 Å². The van der Waals surface area contributed by atoms with E-state index in [-0.39, 0.29) is 0 Å². The molecule has 5 nitrogen and oxygen atoms in total. The highest BCUT2D eigenvalue weighted by Gasteiger charge is 2.15. The standard InChI is InChI=1S/C22H37N3O2/c1-3-23-22(25(2)15-11-20-12-17-26-18-13-20)24-14-7-8-16-27-19-21-9-5-4-6-10-21/h4-6,9-10,20H,3,7-8,11-19H2,1-2H3,(H,23,24). The molecule has 5 heteroatoms. The van der Waals surface area contributed by atoms with Crippen LogP contribution in [0.5, 0.6) is 0 Å². The molecule has 27 heavy (non-hydrogen) atoms. The first-order valence-electron chi connectivity index (χ1n) is 10.5. The van der Waals surface area contributed by atoms with Gasteiger partial charge in [0.05, 0.1) is 6.61 Å². The minimum absolute atomic E-state index is 0.696. The van der Waals surface area contributed by atoms with E-state index < -0.39 is 0 Å². The van der Waals surface area contributed by atoms with E-state index in [1.807, 2.05) is 18.2 Å². The van der Waals surface area contributed by atoms with Gasteiger partial charge in [-0.1, -0.05) is 30.3 Å². The molecule has 0 amide bonds. The number of nitrogens with one attached hydrogen (secondary N) is 1. The summed E-state index contributed by atoms with van der Waals surface area (Å²) in [5, 5.41) is 3.41. The van der Waals surface area contributed by atoms with Crippen LogP contribution in [0, 0.1) is 5.92 Å². The highest BCUT2D eigenvalue weighted by atomic mass is 16.5. The zero-order chi connectivity index (χ0) is 19.2. The number of rotatable bonds is 11. The summed E-state index contributed by atoms with van der Waals surface area (Å²) in [5.41, 5.74) is 1.23. The maximum absolute atomic E-state index is 5.74. The van der Waals surface area contributed by atoms with Crippen molar-refractivity contribution in [3.63, 3.8) is 0 Å². The molecule has 2 rings (SSSR count). The Labute approximate surface area is 165 Å². The van der Waals surface area contributed by atoms with Gasteiger partial charge in [0.15, 0.2) is 5.96 Å². The third-order valence-corrected chi connectivity index (χ3v) is 4.98. The quantitative estimate of drug-likeness (QED) is 0.364. The lowest BCUT2D eigenvalue weighted by atomic mass is 9.96. The largest absolute Gasteiger partial charge is 0.381 e. The molecule has 0 saturated carbocycles. The molecule has 1 aliphatic heterocycles. The van der Waals surface area contributed by atoms with Crippen molar-refractivity contribution < 1.29 is 9.47 Å². The average Bonchev–Trinajstić information content (AvgIpc) is 2.72. The number of benzene rings is 1. The number of aliphatic imine (C=N–C) groups is 1. The van der Waals surface area contributed by atoms with Gasteiger partial charge in [-0.3, -0.25) is 4.99 Å². The molecular formula is C22H37N3O2. The molecule has 0 unspecified atom stereocenters. The van der Waals surface area contributed by atoms with Gasteiger partial charge in [-0.25, -0.2) is 0 Å². The molecule has 0 aromatic heterocycles. The average molecular weight is 376 g/mol. The number of hydrogen-bond donors (Lipinski definition) is 1. The first kappa shape index (κ1) is 21.7. The van der Waals surface area contributed by atoms with Crippen LogP contribution in [0.1, 0.15) is 44.6 Å². The minimum Gasteiger partial charge on any atom is -0.381 e. The summed E-state index contributed by atoms with van der Waals surface area (Å²) in [6.07, 6.45) is 5.71. The molecule has 0 radical (unpaired) electrons.